The lowest BCUT2D eigenvalue weighted by Crippen LogP contribution is -2.65. The Kier molecular flexibility index (Phi) is 8.00. The van der Waals surface area contributed by atoms with E-state index in [2.05, 4.69) is 0 Å². The van der Waals surface area contributed by atoms with Crippen molar-refractivity contribution in [2.24, 2.45) is 17.6 Å². The molecule has 2 aromatic rings. The van der Waals surface area contributed by atoms with Gasteiger partial charge in [-0.25, -0.2) is 0 Å². The Morgan fingerprint density at radius 2 is 1.66 bits per heavy atom. The third-order valence-corrected chi connectivity index (χ3v) is 9.13. The molecule has 1 fully saturated rings. The first kappa shape index (κ1) is 31.1. The van der Waals surface area contributed by atoms with Gasteiger partial charge in [0.15, 0.2) is 17.2 Å². The van der Waals surface area contributed by atoms with Gasteiger partial charge in [-0.05, 0) is 82.7 Å². The zero-order chi connectivity index (χ0) is 32.2. The van der Waals surface area contributed by atoms with E-state index in [1.165, 1.54) is 11.0 Å². The summed E-state index contributed by atoms with van der Waals surface area (Å²) < 4.78 is 0. The molecule has 11 heteroatoms. The molecule has 0 aliphatic heterocycles. The molecule has 2 aromatic carbocycles. The Morgan fingerprint density at radius 1 is 1.00 bits per heavy atom. The summed E-state index contributed by atoms with van der Waals surface area (Å²) in [5.41, 5.74) is 4.18. The van der Waals surface area contributed by atoms with E-state index in [1.807, 2.05) is 19.0 Å². The number of benzene rings is 2. The molecule has 1 amide bonds. The van der Waals surface area contributed by atoms with E-state index >= 15 is 0 Å². The van der Waals surface area contributed by atoms with Crippen LogP contribution in [0.4, 0.5) is 0 Å². The third-order valence-electron chi connectivity index (χ3n) is 9.13. The maximum atomic E-state index is 14.0. The number of primary amides is 1. The van der Waals surface area contributed by atoms with E-state index in [1.54, 1.807) is 44.4 Å². The van der Waals surface area contributed by atoms with Crippen molar-refractivity contribution >= 4 is 29.0 Å². The summed E-state index contributed by atoms with van der Waals surface area (Å²) in [5, 5.41) is 45.1. The predicted molar refractivity (Wildman–Crippen MR) is 162 cm³/mol. The van der Waals surface area contributed by atoms with E-state index in [-0.39, 0.29) is 35.5 Å². The van der Waals surface area contributed by atoms with E-state index in [4.69, 9.17) is 5.73 Å². The van der Waals surface area contributed by atoms with Crippen LogP contribution >= 0.6 is 0 Å². The standard InChI is InChI=1S/C33H37N3O8/c1-35(2)13-5-6-22(37)17-9-7-16(8-10-17)19-11-12-23(38)25-20(19)14-18-15-21-27(36(3)4)29(40)26(32(34)43)31(42)33(21,44)30(41)24(18)28(25)39/h7-12,18,21,27,38-39,42,44H,5-6,13-15H2,1-4H3,(H2,34,43)/t18-,21-,27?,33-/m1/s1. The molecule has 0 heterocycles. The summed E-state index contributed by atoms with van der Waals surface area (Å²) in [7, 11) is 7.01. The predicted octanol–water partition coefficient (Wildman–Crippen LogP) is 2.16. The molecule has 44 heavy (non-hydrogen) atoms. The van der Waals surface area contributed by atoms with Crippen molar-refractivity contribution in [1.29, 1.82) is 0 Å². The molecule has 6 N–H and O–H groups in total. The number of hydrogen-bond donors (Lipinski definition) is 5. The van der Waals surface area contributed by atoms with E-state index in [0.717, 1.165) is 18.5 Å². The molecular formula is C33H37N3O8. The number of ketones is 3. The number of carbonyl (C=O) groups excluding carboxylic acids is 4. The molecule has 4 atom stereocenters. The minimum atomic E-state index is -2.69. The highest BCUT2D eigenvalue weighted by Crippen LogP contribution is 2.53. The van der Waals surface area contributed by atoms with Gasteiger partial charge in [0, 0.05) is 23.5 Å². The monoisotopic (exact) mass is 603 g/mol. The Balaban J connectivity index is 1.58. The number of Topliss-reactive ketones (excluding diaryl/α,β-unsaturated/α-hetero) is 3. The zero-order valence-corrected chi connectivity index (χ0v) is 25.1. The van der Waals surface area contributed by atoms with Crippen molar-refractivity contribution in [2.45, 2.75) is 37.3 Å². The van der Waals surface area contributed by atoms with Crippen LogP contribution in [0, 0.1) is 11.8 Å². The second-order valence-corrected chi connectivity index (χ2v) is 12.4. The molecule has 5 rings (SSSR count). The summed E-state index contributed by atoms with van der Waals surface area (Å²) >= 11 is 0. The fraction of sp³-hybridized carbons (Fsp3) is 0.394. The molecular weight excluding hydrogens is 566 g/mol. The van der Waals surface area contributed by atoms with Crippen molar-refractivity contribution < 1.29 is 39.6 Å². The van der Waals surface area contributed by atoms with Crippen molar-refractivity contribution in [3.05, 3.63) is 70.0 Å². The first-order valence-electron chi connectivity index (χ1n) is 14.5. The minimum Gasteiger partial charge on any atom is -0.508 e. The molecule has 0 spiro atoms. The Hall–Kier alpha value is -4.32. The van der Waals surface area contributed by atoms with Crippen molar-refractivity contribution in [3.8, 4) is 16.9 Å². The van der Waals surface area contributed by atoms with Crippen LogP contribution in [0.15, 0.2) is 53.3 Å². The Morgan fingerprint density at radius 3 is 2.25 bits per heavy atom. The SMILES string of the molecule is CN(C)CCCC(=O)c1ccc(-c2ccc(O)c3c2C[C@@H]2C[C@@H]4C(N(C)C)C(=O)C(C(N)=O)=C(O)[C@]4(O)C(=O)C2=C3O)cc1. The van der Waals surface area contributed by atoms with Crippen LogP contribution in [-0.4, -0.2) is 99.9 Å². The topological polar surface area (TPSA) is 182 Å². The lowest BCUT2D eigenvalue weighted by atomic mass is 9.57. The van der Waals surface area contributed by atoms with Crippen LogP contribution in [0.1, 0.15) is 40.7 Å². The zero-order valence-electron chi connectivity index (χ0n) is 25.1. The highest BCUT2D eigenvalue weighted by atomic mass is 16.3. The molecule has 1 unspecified atom stereocenters. The van der Waals surface area contributed by atoms with Gasteiger partial charge in [-0.2, -0.15) is 0 Å². The normalized spacial score (nSPS) is 24.8. The number of aromatic hydroxyl groups is 1. The number of phenols is 1. The van der Waals surface area contributed by atoms with Gasteiger partial charge < -0.3 is 31.1 Å². The fourth-order valence-corrected chi connectivity index (χ4v) is 7.05. The quantitative estimate of drug-likeness (QED) is 0.222. The molecule has 0 radical (unpaired) electrons. The molecule has 3 aliphatic carbocycles. The van der Waals surface area contributed by atoms with Crippen molar-refractivity contribution in [1.82, 2.24) is 9.80 Å². The maximum Gasteiger partial charge on any atom is 0.255 e. The van der Waals surface area contributed by atoms with Crippen LogP contribution in [-0.2, 0) is 20.8 Å². The van der Waals surface area contributed by atoms with Gasteiger partial charge >= 0.3 is 0 Å². The average molecular weight is 604 g/mol. The van der Waals surface area contributed by atoms with Gasteiger partial charge in [0.2, 0.25) is 5.78 Å². The van der Waals surface area contributed by atoms with Crippen LogP contribution in [0.25, 0.3) is 16.9 Å². The number of fused-ring (bicyclic) bond motifs is 3. The van der Waals surface area contributed by atoms with E-state index in [0.29, 0.717) is 23.1 Å². The third kappa shape index (κ3) is 4.81. The van der Waals surface area contributed by atoms with Crippen LogP contribution in [0.3, 0.4) is 0 Å². The molecule has 0 saturated heterocycles. The maximum absolute atomic E-state index is 14.0. The highest BCUT2D eigenvalue weighted by Gasteiger charge is 2.64. The van der Waals surface area contributed by atoms with E-state index in [9.17, 15) is 39.6 Å². The number of nitrogens with zero attached hydrogens (tertiary/aromatic N) is 2. The molecule has 232 valence electrons. The van der Waals surface area contributed by atoms with Crippen LogP contribution < -0.4 is 5.73 Å². The largest absolute Gasteiger partial charge is 0.508 e. The van der Waals surface area contributed by atoms with Gasteiger partial charge in [-0.15, -0.1) is 0 Å². The number of phenolic OH excluding ortho intramolecular Hbond substituents is 1. The second kappa shape index (κ2) is 11.3. The number of aliphatic hydroxyl groups is 3. The number of carbonyl (C=O) groups is 4. The first-order valence-corrected chi connectivity index (χ1v) is 14.5. The van der Waals surface area contributed by atoms with Crippen LogP contribution in [0.5, 0.6) is 5.75 Å². The first-order chi connectivity index (χ1) is 20.7. The molecule has 0 aromatic heterocycles. The molecule has 1 saturated carbocycles. The summed E-state index contributed by atoms with van der Waals surface area (Å²) in [5.74, 6) is -6.91. The minimum absolute atomic E-state index is 0.00124. The smallest absolute Gasteiger partial charge is 0.255 e. The van der Waals surface area contributed by atoms with Gasteiger partial charge in [0.1, 0.15) is 22.8 Å². The summed E-state index contributed by atoms with van der Waals surface area (Å²) in [4.78, 5) is 55.6. The highest BCUT2D eigenvalue weighted by molar-refractivity contribution is 6.24. The van der Waals surface area contributed by atoms with Crippen molar-refractivity contribution in [3.63, 3.8) is 0 Å². The van der Waals surface area contributed by atoms with Crippen LogP contribution in [0.2, 0.25) is 0 Å². The molecule has 11 nitrogen and oxygen atoms in total. The Labute approximate surface area is 254 Å². The number of amides is 1. The van der Waals surface area contributed by atoms with E-state index < -0.39 is 58.0 Å². The molecule has 3 aliphatic rings. The average Bonchev–Trinajstić information content (AvgIpc) is 2.94. The van der Waals surface area contributed by atoms with Gasteiger partial charge in [0.05, 0.1) is 11.6 Å². The number of hydrogen-bond acceptors (Lipinski definition) is 10. The van der Waals surface area contributed by atoms with Gasteiger partial charge in [-0.3, -0.25) is 24.1 Å². The lowest BCUT2D eigenvalue weighted by molar-refractivity contribution is -0.153. The second-order valence-electron chi connectivity index (χ2n) is 12.4. The number of nitrogens with two attached hydrogens (primary N) is 1. The summed E-state index contributed by atoms with van der Waals surface area (Å²) in [6.07, 6.45) is 1.32. The molecule has 0 bridgehead atoms. The van der Waals surface area contributed by atoms with Gasteiger partial charge in [-0.1, -0.05) is 30.3 Å². The Bertz CT molecular complexity index is 1640. The summed E-state index contributed by atoms with van der Waals surface area (Å²) in [6.45, 7) is 0.802. The number of likely N-dealkylation sites (N-methyl/N-ethyl adjacent to an activating group) is 1. The fourth-order valence-electron chi connectivity index (χ4n) is 7.05. The summed E-state index contributed by atoms with van der Waals surface area (Å²) in [6, 6.07) is 9.00. The number of rotatable bonds is 8. The van der Waals surface area contributed by atoms with Crippen molar-refractivity contribution in [2.75, 3.05) is 34.7 Å². The van der Waals surface area contributed by atoms with Gasteiger partial charge in [0.25, 0.3) is 5.91 Å². The lowest BCUT2D eigenvalue weighted by Gasteiger charge is -2.50. The number of aliphatic hydroxyl groups excluding tert-OH is 2.